The first-order valence-electron chi connectivity index (χ1n) is 3.69. The molecule has 1 heterocycles. The average molecular weight is 224 g/mol. The number of hydrogen-bond acceptors (Lipinski definition) is 3. The van der Waals surface area contributed by atoms with Crippen LogP contribution in [0.15, 0.2) is 12.4 Å². The van der Waals surface area contributed by atoms with Crippen LogP contribution in [0.1, 0.15) is 6.42 Å². The fourth-order valence-electron chi connectivity index (χ4n) is 0.782. The van der Waals surface area contributed by atoms with Crippen molar-refractivity contribution in [3.05, 3.63) is 12.4 Å². The van der Waals surface area contributed by atoms with Crippen molar-refractivity contribution in [1.82, 2.24) is 10.2 Å². The van der Waals surface area contributed by atoms with E-state index in [0.29, 0.717) is 18.0 Å². The number of hydrogen-bond donors (Lipinski definition) is 2. The quantitative estimate of drug-likeness (QED) is 0.725. The highest BCUT2D eigenvalue weighted by atomic mass is 35.5. The summed E-state index contributed by atoms with van der Waals surface area (Å²) in [6.45, 7) is 0. The van der Waals surface area contributed by atoms with Crippen molar-refractivity contribution in [2.45, 2.75) is 6.42 Å². The number of aromatic nitrogens is 2. The molecule has 0 aliphatic carbocycles. The topological polar surface area (TPSA) is 74.8 Å². The van der Waals surface area contributed by atoms with Crippen LogP contribution >= 0.6 is 11.6 Å². The van der Waals surface area contributed by atoms with Crippen LogP contribution < -0.4 is 4.72 Å². The van der Waals surface area contributed by atoms with Crippen molar-refractivity contribution in [2.24, 2.45) is 0 Å². The summed E-state index contributed by atoms with van der Waals surface area (Å²) in [5.74, 6) is 0.369. The van der Waals surface area contributed by atoms with Gasteiger partial charge in [-0.05, 0) is 6.42 Å². The van der Waals surface area contributed by atoms with Gasteiger partial charge in [0.05, 0.1) is 17.6 Å². The van der Waals surface area contributed by atoms with Gasteiger partial charge in [0.1, 0.15) is 0 Å². The first-order chi connectivity index (χ1) is 6.14. The maximum Gasteiger partial charge on any atom is 0.232 e. The lowest BCUT2D eigenvalue weighted by Gasteiger charge is -2.03. The summed E-state index contributed by atoms with van der Waals surface area (Å²) in [5, 5.41) is 6.11. The van der Waals surface area contributed by atoms with Crippen molar-refractivity contribution in [1.29, 1.82) is 0 Å². The highest BCUT2D eigenvalue weighted by Gasteiger charge is 2.09. The van der Waals surface area contributed by atoms with E-state index in [1.807, 2.05) is 0 Å². The van der Waals surface area contributed by atoms with Gasteiger partial charge in [0, 0.05) is 12.1 Å². The number of sulfonamides is 1. The lowest BCUT2D eigenvalue weighted by atomic mass is 10.6. The SMILES string of the molecule is O=S(=O)(CCCCl)Nc1cn[nH]c1. The first kappa shape index (κ1) is 10.3. The maximum atomic E-state index is 11.2. The van der Waals surface area contributed by atoms with Gasteiger partial charge in [0.2, 0.25) is 10.0 Å². The van der Waals surface area contributed by atoms with E-state index in [0.717, 1.165) is 0 Å². The van der Waals surface area contributed by atoms with Crippen molar-refractivity contribution in [3.63, 3.8) is 0 Å². The second-order valence-corrected chi connectivity index (χ2v) is 4.67. The van der Waals surface area contributed by atoms with Gasteiger partial charge in [-0.25, -0.2) is 8.42 Å². The molecule has 0 bridgehead atoms. The van der Waals surface area contributed by atoms with Crippen LogP contribution in [0.2, 0.25) is 0 Å². The van der Waals surface area contributed by atoms with Crippen LogP contribution in [0, 0.1) is 0 Å². The van der Waals surface area contributed by atoms with Gasteiger partial charge in [-0.2, -0.15) is 5.10 Å². The van der Waals surface area contributed by atoms with Crippen molar-refractivity contribution in [3.8, 4) is 0 Å². The van der Waals surface area contributed by atoms with Crippen LogP contribution in [0.25, 0.3) is 0 Å². The Morgan fingerprint density at radius 1 is 1.62 bits per heavy atom. The molecule has 0 radical (unpaired) electrons. The monoisotopic (exact) mass is 223 g/mol. The molecule has 0 aromatic carbocycles. The fourth-order valence-corrected chi connectivity index (χ4v) is 2.17. The van der Waals surface area contributed by atoms with E-state index >= 15 is 0 Å². The first-order valence-corrected chi connectivity index (χ1v) is 5.88. The van der Waals surface area contributed by atoms with Crippen LogP contribution in [0.3, 0.4) is 0 Å². The largest absolute Gasteiger partial charge is 0.284 e. The Labute approximate surface area is 81.5 Å². The number of aromatic amines is 1. The zero-order valence-corrected chi connectivity index (χ0v) is 8.40. The summed E-state index contributed by atoms with van der Waals surface area (Å²) in [4.78, 5) is 0. The number of alkyl halides is 1. The molecular weight excluding hydrogens is 214 g/mol. The molecule has 7 heteroatoms. The van der Waals surface area contributed by atoms with Crippen molar-refractivity contribution < 1.29 is 8.42 Å². The van der Waals surface area contributed by atoms with Crippen LogP contribution in [-0.2, 0) is 10.0 Å². The predicted molar refractivity (Wildman–Crippen MR) is 51.3 cm³/mol. The molecule has 1 aromatic heterocycles. The molecule has 0 aliphatic rings. The minimum absolute atomic E-state index is 0.0294. The number of nitrogens with one attached hydrogen (secondary N) is 2. The Hall–Kier alpha value is -0.750. The van der Waals surface area contributed by atoms with Crippen LogP contribution in [-0.4, -0.2) is 30.2 Å². The van der Waals surface area contributed by atoms with Gasteiger partial charge < -0.3 is 0 Å². The summed E-state index contributed by atoms with van der Waals surface area (Å²) >= 11 is 5.38. The Balaban J connectivity index is 2.53. The number of H-pyrrole nitrogens is 1. The van der Waals surface area contributed by atoms with Crippen molar-refractivity contribution >= 4 is 27.3 Å². The lowest BCUT2D eigenvalue weighted by Crippen LogP contribution is -2.16. The summed E-state index contributed by atoms with van der Waals surface area (Å²) in [7, 11) is -3.26. The highest BCUT2D eigenvalue weighted by Crippen LogP contribution is 2.05. The van der Waals surface area contributed by atoms with Gasteiger partial charge in [0.25, 0.3) is 0 Å². The molecule has 0 spiro atoms. The molecular formula is C6H10ClN3O2S. The third kappa shape index (κ3) is 3.65. The molecule has 13 heavy (non-hydrogen) atoms. The minimum Gasteiger partial charge on any atom is -0.284 e. The average Bonchev–Trinajstić information content (AvgIpc) is 2.52. The Morgan fingerprint density at radius 2 is 2.38 bits per heavy atom. The predicted octanol–water partition coefficient (Wildman–Crippen LogP) is 0.780. The number of nitrogens with zero attached hydrogens (tertiary/aromatic N) is 1. The summed E-state index contributed by atoms with van der Waals surface area (Å²) in [6, 6.07) is 0. The highest BCUT2D eigenvalue weighted by molar-refractivity contribution is 7.92. The second kappa shape index (κ2) is 4.48. The molecule has 0 unspecified atom stereocenters. The van der Waals surface area contributed by atoms with Gasteiger partial charge in [-0.3, -0.25) is 9.82 Å². The van der Waals surface area contributed by atoms with E-state index in [1.165, 1.54) is 12.4 Å². The van der Waals surface area contributed by atoms with Crippen molar-refractivity contribution in [2.75, 3.05) is 16.4 Å². The van der Waals surface area contributed by atoms with Gasteiger partial charge in [-0.15, -0.1) is 11.6 Å². The zero-order chi connectivity index (χ0) is 9.73. The van der Waals surface area contributed by atoms with Gasteiger partial charge in [0.15, 0.2) is 0 Å². The van der Waals surface area contributed by atoms with E-state index < -0.39 is 10.0 Å². The maximum absolute atomic E-state index is 11.2. The third-order valence-corrected chi connectivity index (χ3v) is 2.96. The van der Waals surface area contributed by atoms with E-state index in [9.17, 15) is 8.42 Å². The fraction of sp³-hybridized carbons (Fsp3) is 0.500. The molecule has 5 nitrogen and oxygen atoms in total. The molecule has 1 aromatic rings. The van der Waals surface area contributed by atoms with E-state index in [1.54, 1.807) is 0 Å². The summed E-state index contributed by atoms with van der Waals surface area (Å²) in [5.41, 5.74) is 0.439. The van der Waals surface area contributed by atoms with E-state index in [2.05, 4.69) is 14.9 Å². The zero-order valence-electron chi connectivity index (χ0n) is 6.83. The molecule has 0 atom stereocenters. The van der Waals surface area contributed by atoms with Crippen LogP contribution in [0.5, 0.6) is 0 Å². The third-order valence-electron chi connectivity index (χ3n) is 1.32. The Bertz CT molecular complexity index is 335. The van der Waals surface area contributed by atoms with Crippen LogP contribution in [0.4, 0.5) is 5.69 Å². The molecule has 0 aliphatic heterocycles. The lowest BCUT2D eigenvalue weighted by molar-refractivity contribution is 0.600. The molecule has 0 saturated heterocycles. The molecule has 1 rings (SSSR count). The second-order valence-electron chi connectivity index (χ2n) is 2.45. The Kier molecular flexibility index (Phi) is 3.56. The molecule has 2 N–H and O–H groups in total. The smallest absolute Gasteiger partial charge is 0.232 e. The number of halogens is 1. The normalized spacial score (nSPS) is 11.5. The molecule has 74 valence electrons. The molecule has 0 saturated carbocycles. The van der Waals surface area contributed by atoms with Gasteiger partial charge >= 0.3 is 0 Å². The Morgan fingerprint density at radius 3 is 2.92 bits per heavy atom. The summed E-state index contributed by atoms with van der Waals surface area (Å²) in [6.07, 6.45) is 3.31. The number of rotatable bonds is 5. The summed E-state index contributed by atoms with van der Waals surface area (Å²) < 4.78 is 24.8. The van der Waals surface area contributed by atoms with E-state index in [4.69, 9.17) is 11.6 Å². The molecule has 0 fully saturated rings. The van der Waals surface area contributed by atoms with E-state index in [-0.39, 0.29) is 5.75 Å². The standard InChI is InChI=1S/C6H10ClN3O2S/c7-2-1-3-13(11,12)10-6-4-8-9-5-6/h4-5,10H,1-3H2,(H,8,9). The minimum atomic E-state index is -3.26. The number of anilines is 1. The van der Waals surface area contributed by atoms with Gasteiger partial charge in [-0.1, -0.05) is 0 Å². The molecule has 0 amide bonds.